The molecule has 1 N–H and O–H groups in total. The predicted octanol–water partition coefficient (Wildman–Crippen LogP) is 2.90. The first-order valence-corrected chi connectivity index (χ1v) is 6.60. The van der Waals surface area contributed by atoms with E-state index in [-0.39, 0.29) is 18.2 Å². The number of carbonyl (C=O) groups excluding carboxylic acids is 1. The molecule has 0 heterocycles. The van der Waals surface area contributed by atoms with Gasteiger partial charge in [-0.05, 0) is 25.8 Å². The first-order valence-electron chi connectivity index (χ1n) is 6.60. The van der Waals surface area contributed by atoms with Gasteiger partial charge in [-0.2, -0.15) is 0 Å². The highest BCUT2D eigenvalue weighted by molar-refractivity contribution is 5.78. The summed E-state index contributed by atoms with van der Waals surface area (Å²) >= 11 is 0. The Morgan fingerprint density at radius 1 is 1.28 bits per heavy atom. The molecular weight excluding hydrogens is 226 g/mol. The zero-order valence-electron chi connectivity index (χ0n) is 11.5. The minimum Gasteiger partial charge on any atom is -0.356 e. The Hall–Kier alpha value is -1.35. The topological polar surface area (TPSA) is 38.3 Å². The second kappa shape index (κ2) is 7.88. The summed E-state index contributed by atoms with van der Waals surface area (Å²) in [5.74, 6) is 0.0142. The van der Waals surface area contributed by atoms with Crippen molar-refractivity contribution in [1.29, 1.82) is 0 Å². The SMILES string of the molecule is CCCC(NC(=O)Cc1ccccc1)OC(C)C. The Labute approximate surface area is 110 Å². The van der Waals surface area contributed by atoms with E-state index in [2.05, 4.69) is 12.2 Å². The second-order valence-corrected chi connectivity index (χ2v) is 4.69. The van der Waals surface area contributed by atoms with Gasteiger partial charge in [-0.1, -0.05) is 43.7 Å². The van der Waals surface area contributed by atoms with E-state index in [0.29, 0.717) is 6.42 Å². The number of hydrogen-bond donors (Lipinski definition) is 1. The molecule has 0 aliphatic heterocycles. The largest absolute Gasteiger partial charge is 0.356 e. The Kier molecular flexibility index (Phi) is 6.44. The van der Waals surface area contributed by atoms with Crippen molar-refractivity contribution in [3.8, 4) is 0 Å². The minimum atomic E-state index is -0.175. The lowest BCUT2D eigenvalue weighted by Gasteiger charge is -2.21. The second-order valence-electron chi connectivity index (χ2n) is 4.69. The van der Waals surface area contributed by atoms with Gasteiger partial charge >= 0.3 is 0 Å². The summed E-state index contributed by atoms with van der Waals surface area (Å²) in [7, 11) is 0. The lowest BCUT2D eigenvalue weighted by molar-refractivity contribution is -0.126. The molecule has 1 aromatic rings. The molecule has 0 radical (unpaired) electrons. The van der Waals surface area contributed by atoms with Crippen molar-refractivity contribution >= 4 is 5.91 Å². The monoisotopic (exact) mass is 249 g/mol. The first kappa shape index (κ1) is 14.7. The van der Waals surface area contributed by atoms with Crippen LogP contribution in [-0.4, -0.2) is 18.2 Å². The molecular formula is C15H23NO2. The molecule has 0 spiro atoms. The van der Waals surface area contributed by atoms with Gasteiger partial charge in [0, 0.05) is 0 Å². The molecule has 1 amide bonds. The van der Waals surface area contributed by atoms with Gasteiger partial charge in [-0.25, -0.2) is 0 Å². The van der Waals surface area contributed by atoms with Crippen molar-refractivity contribution in [1.82, 2.24) is 5.32 Å². The van der Waals surface area contributed by atoms with Crippen molar-refractivity contribution in [2.75, 3.05) is 0 Å². The van der Waals surface area contributed by atoms with Crippen LogP contribution in [0, 0.1) is 0 Å². The number of benzene rings is 1. The van der Waals surface area contributed by atoms with E-state index in [1.54, 1.807) is 0 Å². The van der Waals surface area contributed by atoms with E-state index in [0.717, 1.165) is 18.4 Å². The number of nitrogens with one attached hydrogen (secondary N) is 1. The summed E-state index contributed by atoms with van der Waals surface area (Å²) in [6.45, 7) is 6.04. The molecule has 0 aliphatic rings. The molecule has 0 saturated carbocycles. The molecule has 3 heteroatoms. The Morgan fingerprint density at radius 3 is 2.50 bits per heavy atom. The highest BCUT2D eigenvalue weighted by Gasteiger charge is 2.13. The molecule has 0 fully saturated rings. The van der Waals surface area contributed by atoms with Crippen molar-refractivity contribution in [2.24, 2.45) is 0 Å². The fourth-order valence-electron chi connectivity index (χ4n) is 1.78. The fraction of sp³-hybridized carbons (Fsp3) is 0.533. The van der Waals surface area contributed by atoms with E-state index in [9.17, 15) is 4.79 Å². The first-order chi connectivity index (χ1) is 8.61. The summed E-state index contributed by atoms with van der Waals surface area (Å²) in [5.41, 5.74) is 1.02. The Morgan fingerprint density at radius 2 is 1.94 bits per heavy atom. The van der Waals surface area contributed by atoms with Gasteiger partial charge in [0.25, 0.3) is 0 Å². The van der Waals surface area contributed by atoms with Crippen LogP contribution in [0.2, 0.25) is 0 Å². The molecule has 18 heavy (non-hydrogen) atoms. The van der Waals surface area contributed by atoms with Crippen LogP contribution in [0.5, 0.6) is 0 Å². The molecule has 0 aliphatic carbocycles. The van der Waals surface area contributed by atoms with Crippen LogP contribution in [0.1, 0.15) is 39.2 Å². The fourth-order valence-corrected chi connectivity index (χ4v) is 1.78. The Bertz CT molecular complexity index is 349. The molecule has 0 bridgehead atoms. The summed E-state index contributed by atoms with van der Waals surface area (Å²) < 4.78 is 5.67. The van der Waals surface area contributed by atoms with E-state index in [4.69, 9.17) is 4.74 Å². The third-order valence-electron chi connectivity index (χ3n) is 2.52. The van der Waals surface area contributed by atoms with Crippen molar-refractivity contribution in [3.63, 3.8) is 0 Å². The number of carbonyl (C=O) groups is 1. The zero-order chi connectivity index (χ0) is 13.4. The summed E-state index contributed by atoms with van der Waals surface area (Å²) in [6.07, 6.45) is 2.19. The van der Waals surface area contributed by atoms with Crippen LogP contribution in [0.15, 0.2) is 30.3 Å². The Balaban J connectivity index is 2.45. The number of hydrogen-bond acceptors (Lipinski definition) is 2. The highest BCUT2D eigenvalue weighted by atomic mass is 16.5. The average Bonchev–Trinajstić information content (AvgIpc) is 2.29. The van der Waals surface area contributed by atoms with E-state index < -0.39 is 0 Å². The van der Waals surface area contributed by atoms with Crippen molar-refractivity contribution in [2.45, 2.75) is 52.4 Å². The van der Waals surface area contributed by atoms with Crippen molar-refractivity contribution in [3.05, 3.63) is 35.9 Å². The predicted molar refractivity (Wildman–Crippen MR) is 73.2 cm³/mol. The molecule has 100 valence electrons. The summed E-state index contributed by atoms with van der Waals surface area (Å²) in [5, 5.41) is 2.94. The number of rotatable bonds is 7. The summed E-state index contributed by atoms with van der Waals surface area (Å²) in [4.78, 5) is 11.9. The third-order valence-corrected chi connectivity index (χ3v) is 2.52. The lowest BCUT2D eigenvalue weighted by Crippen LogP contribution is -2.39. The zero-order valence-corrected chi connectivity index (χ0v) is 11.5. The maximum atomic E-state index is 11.9. The van der Waals surface area contributed by atoms with E-state index >= 15 is 0 Å². The van der Waals surface area contributed by atoms with E-state index in [1.165, 1.54) is 0 Å². The van der Waals surface area contributed by atoms with E-state index in [1.807, 2.05) is 44.2 Å². The standard InChI is InChI=1S/C15H23NO2/c1-4-8-15(18-12(2)3)16-14(17)11-13-9-6-5-7-10-13/h5-7,9-10,12,15H,4,8,11H2,1-3H3,(H,16,17). The van der Waals surface area contributed by atoms with Gasteiger partial charge in [0.2, 0.25) is 5.91 Å². The van der Waals surface area contributed by atoms with Gasteiger partial charge in [0.05, 0.1) is 12.5 Å². The molecule has 1 unspecified atom stereocenters. The molecule has 1 atom stereocenters. The van der Waals surface area contributed by atoms with Crippen LogP contribution in [-0.2, 0) is 16.0 Å². The maximum absolute atomic E-state index is 11.9. The summed E-state index contributed by atoms with van der Waals surface area (Å²) in [6, 6.07) is 9.74. The maximum Gasteiger partial charge on any atom is 0.226 e. The minimum absolute atomic E-state index is 0.0142. The van der Waals surface area contributed by atoms with Crippen LogP contribution >= 0.6 is 0 Å². The normalized spacial score (nSPS) is 12.4. The highest BCUT2D eigenvalue weighted by Crippen LogP contribution is 2.04. The molecule has 0 aromatic heterocycles. The van der Waals surface area contributed by atoms with Crippen LogP contribution in [0.3, 0.4) is 0 Å². The van der Waals surface area contributed by atoms with Crippen molar-refractivity contribution < 1.29 is 9.53 Å². The van der Waals surface area contributed by atoms with Gasteiger partial charge in [-0.3, -0.25) is 4.79 Å². The van der Waals surface area contributed by atoms with Gasteiger partial charge in [0.15, 0.2) is 0 Å². The molecule has 0 saturated heterocycles. The average molecular weight is 249 g/mol. The molecule has 1 aromatic carbocycles. The third kappa shape index (κ3) is 5.82. The van der Waals surface area contributed by atoms with Gasteiger partial charge in [-0.15, -0.1) is 0 Å². The van der Waals surface area contributed by atoms with Crippen LogP contribution in [0.4, 0.5) is 0 Å². The van der Waals surface area contributed by atoms with Crippen LogP contribution in [0.25, 0.3) is 0 Å². The van der Waals surface area contributed by atoms with Crippen LogP contribution < -0.4 is 5.32 Å². The van der Waals surface area contributed by atoms with Gasteiger partial charge < -0.3 is 10.1 Å². The quantitative estimate of drug-likeness (QED) is 0.755. The number of amides is 1. The molecule has 3 nitrogen and oxygen atoms in total. The number of ether oxygens (including phenoxy) is 1. The smallest absolute Gasteiger partial charge is 0.226 e. The van der Waals surface area contributed by atoms with Gasteiger partial charge in [0.1, 0.15) is 6.23 Å². The lowest BCUT2D eigenvalue weighted by atomic mass is 10.1. The molecule has 1 rings (SSSR count).